The van der Waals surface area contributed by atoms with Gasteiger partial charge in [-0.3, -0.25) is 4.79 Å². The normalized spacial score (nSPS) is 16.1. The first-order valence-corrected chi connectivity index (χ1v) is 4.57. The van der Waals surface area contributed by atoms with Crippen molar-refractivity contribution >= 4 is 11.9 Å². The predicted molar refractivity (Wildman–Crippen MR) is 52.0 cm³/mol. The van der Waals surface area contributed by atoms with Crippen LogP contribution in [0.2, 0.25) is 0 Å². The maximum Gasteiger partial charge on any atom is 0.332 e. The van der Waals surface area contributed by atoms with Crippen LogP contribution in [0.5, 0.6) is 0 Å². The van der Waals surface area contributed by atoms with Crippen LogP contribution in [0.3, 0.4) is 0 Å². The molecule has 0 heterocycles. The van der Waals surface area contributed by atoms with E-state index in [0.29, 0.717) is 6.42 Å². The summed E-state index contributed by atoms with van der Waals surface area (Å²) in [6.07, 6.45) is 2.24. The minimum Gasteiger partial charge on any atom is -0.481 e. The van der Waals surface area contributed by atoms with Gasteiger partial charge in [-0.2, -0.15) is 0 Å². The van der Waals surface area contributed by atoms with E-state index in [-0.39, 0.29) is 12.0 Å². The molecular weight excluding hydrogens is 184 g/mol. The molecule has 4 nitrogen and oxygen atoms in total. The van der Waals surface area contributed by atoms with E-state index < -0.39 is 17.4 Å². The van der Waals surface area contributed by atoms with E-state index in [4.69, 9.17) is 10.2 Å². The van der Waals surface area contributed by atoms with Crippen molar-refractivity contribution in [3.05, 3.63) is 11.6 Å². The van der Waals surface area contributed by atoms with Gasteiger partial charge in [-0.15, -0.1) is 0 Å². The van der Waals surface area contributed by atoms with Crippen LogP contribution >= 0.6 is 0 Å². The van der Waals surface area contributed by atoms with E-state index in [1.165, 1.54) is 13.0 Å². The van der Waals surface area contributed by atoms with Gasteiger partial charge in [0.15, 0.2) is 0 Å². The molecule has 0 aromatic heterocycles. The summed E-state index contributed by atoms with van der Waals surface area (Å²) in [5, 5.41) is 17.9. The molecule has 0 aromatic rings. The van der Waals surface area contributed by atoms with Crippen LogP contribution in [0.15, 0.2) is 11.6 Å². The third-order valence-corrected chi connectivity index (χ3v) is 2.41. The Morgan fingerprint density at radius 2 is 1.79 bits per heavy atom. The van der Waals surface area contributed by atoms with Gasteiger partial charge >= 0.3 is 11.9 Å². The summed E-state index contributed by atoms with van der Waals surface area (Å²) in [6.45, 7) is 4.88. The number of aliphatic carboxylic acids is 2. The van der Waals surface area contributed by atoms with Gasteiger partial charge < -0.3 is 10.2 Å². The number of allylic oxidation sites excluding steroid dienone is 1. The smallest absolute Gasteiger partial charge is 0.332 e. The van der Waals surface area contributed by atoms with Gasteiger partial charge in [0, 0.05) is 0 Å². The van der Waals surface area contributed by atoms with Crippen molar-refractivity contribution < 1.29 is 19.8 Å². The summed E-state index contributed by atoms with van der Waals surface area (Å²) in [6, 6.07) is 0. The fourth-order valence-corrected chi connectivity index (χ4v) is 1.21. The Kier molecular flexibility index (Phi) is 4.34. The van der Waals surface area contributed by atoms with Gasteiger partial charge in [-0.25, -0.2) is 4.79 Å². The lowest BCUT2D eigenvalue weighted by atomic mass is 9.79. The van der Waals surface area contributed by atoms with Gasteiger partial charge in [0.05, 0.1) is 11.0 Å². The Morgan fingerprint density at radius 3 is 2.00 bits per heavy atom. The molecular formula is C10H16O4. The lowest BCUT2D eigenvalue weighted by Gasteiger charge is -2.23. The van der Waals surface area contributed by atoms with Crippen LogP contribution in [0.25, 0.3) is 0 Å². The summed E-state index contributed by atoms with van der Waals surface area (Å²) in [7, 11) is 0. The summed E-state index contributed by atoms with van der Waals surface area (Å²) in [5.41, 5.74) is -1.32. The van der Waals surface area contributed by atoms with Crippen molar-refractivity contribution in [2.45, 2.75) is 33.6 Å². The van der Waals surface area contributed by atoms with Crippen LogP contribution in [0.4, 0.5) is 0 Å². The number of carbonyl (C=O) groups is 2. The summed E-state index contributed by atoms with van der Waals surface area (Å²) < 4.78 is 0. The molecule has 0 saturated heterocycles. The van der Waals surface area contributed by atoms with E-state index in [2.05, 4.69) is 0 Å². The third kappa shape index (κ3) is 2.34. The largest absolute Gasteiger partial charge is 0.481 e. The molecule has 0 radical (unpaired) electrons. The van der Waals surface area contributed by atoms with E-state index in [1.54, 1.807) is 13.8 Å². The zero-order valence-corrected chi connectivity index (χ0v) is 8.70. The standard InChI is InChI=1S/C10H16O4/c1-4-6-7(8(11)12)10(3,5-2)9(13)14/h6H,4-5H2,1-3H3,(H,11,12)(H,13,14)/b7-6+. The summed E-state index contributed by atoms with van der Waals surface area (Å²) >= 11 is 0. The van der Waals surface area contributed by atoms with Crippen LogP contribution in [-0.2, 0) is 9.59 Å². The van der Waals surface area contributed by atoms with Crippen molar-refractivity contribution in [3.63, 3.8) is 0 Å². The molecule has 2 N–H and O–H groups in total. The predicted octanol–water partition coefficient (Wildman–Crippen LogP) is 1.91. The molecule has 0 bridgehead atoms. The number of carboxylic acid groups (broad SMARTS) is 2. The molecule has 0 aliphatic rings. The summed E-state index contributed by atoms with van der Waals surface area (Å²) in [4.78, 5) is 21.8. The monoisotopic (exact) mass is 200 g/mol. The zero-order valence-electron chi connectivity index (χ0n) is 8.70. The van der Waals surface area contributed by atoms with E-state index >= 15 is 0 Å². The fraction of sp³-hybridized carbons (Fsp3) is 0.600. The average Bonchev–Trinajstić information content (AvgIpc) is 2.12. The summed E-state index contributed by atoms with van der Waals surface area (Å²) in [5.74, 6) is -2.25. The first-order chi connectivity index (χ1) is 6.40. The highest BCUT2D eigenvalue weighted by atomic mass is 16.4. The van der Waals surface area contributed by atoms with E-state index in [9.17, 15) is 9.59 Å². The molecule has 0 saturated carbocycles. The maximum absolute atomic E-state index is 11.0. The molecule has 0 rings (SSSR count). The Labute approximate surface area is 83.2 Å². The molecule has 0 amide bonds. The second kappa shape index (κ2) is 4.79. The Balaban J connectivity index is 5.26. The van der Waals surface area contributed by atoms with Crippen LogP contribution < -0.4 is 0 Å². The van der Waals surface area contributed by atoms with Crippen molar-refractivity contribution in [1.82, 2.24) is 0 Å². The lowest BCUT2D eigenvalue weighted by molar-refractivity contribution is -0.149. The molecule has 0 fully saturated rings. The second-order valence-electron chi connectivity index (χ2n) is 3.32. The first-order valence-electron chi connectivity index (χ1n) is 4.57. The molecule has 0 aliphatic carbocycles. The van der Waals surface area contributed by atoms with Gasteiger partial charge in [-0.05, 0) is 19.8 Å². The van der Waals surface area contributed by atoms with Gasteiger partial charge in [0.1, 0.15) is 0 Å². The molecule has 80 valence electrons. The van der Waals surface area contributed by atoms with Crippen LogP contribution in [0, 0.1) is 5.41 Å². The minimum absolute atomic E-state index is 0.0324. The highest BCUT2D eigenvalue weighted by Crippen LogP contribution is 2.31. The zero-order chi connectivity index (χ0) is 11.4. The molecule has 1 unspecified atom stereocenters. The third-order valence-electron chi connectivity index (χ3n) is 2.41. The van der Waals surface area contributed by atoms with Crippen LogP contribution in [0.1, 0.15) is 33.6 Å². The quantitative estimate of drug-likeness (QED) is 0.665. The minimum atomic E-state index is -1.29. The van der Waals surface area contributed by atoms with Gasteiger partial charge in [-0.1, -0.05) is 19.9 Å². The topological polar surface area (TPSA) is 74.6 Å². The Bertz CT molecular complexity index is 267. The van der Waals surface area contributed by atoms with Gasteiger partial charge in [0.2, 0.25) is 0 Å². The average molecular weight is 200 g/mol. The second-order valence-corrected chi connectivity index (χ2v) is 3.32. The first kappa shape index (κ1) is 12.7. The number of rotatable bonds is 5. The van der Waals surface area contributed by atoms with E-state index in [0.717, 1.165) is 0 Å². The molecule has 0 aromatic carbocycles. The molecule has 14 heavy (non-hydrogen) atoms. The SMILES string of the molecule is CC/C=C(\C(=O)O)C(C)(CC)C(=O)O. The number of carboxylic acids is 2. The van der Waals surface area contributed by atoms with Crippen molar-refractivity contribution in [3.8, 4) is 0 Å². The highest BCUT2D eigenvalue weighted by Gasteiger charge is 2.38. The molecule has 0 spiro atoms. The Hall–Kier alpha value is -1.32. The molecule has 4 heteroatoms. The lowest BCUT2D eigenvalue weighted by Crippen LogP contribution is -2.32. The van der Waals surface area contributed by atoms with Crippen molar-refractivity contribution in [2.75, 3.05) is 0 Å². The van der Waals surface area contributed by atoms with Crippen molar-refractivity contribution in [2.24, 2.45) is 5.41 Å². The van der Waals surface area contributed by atoms with Crippen LogP contribution in [-0.4, -0.2) is 22.2 Å². The maximum atomic E-state index is 11.0. The molecule has 0 aliphatic heterocycles. The van der Waals surface area contributed by atoms with Crippen molar-refractivity contribution in [1.29, 1.82) is 0 Å². The highest BCUT2D eigenvalue weighted by molar-refractivity contribution is 5.96. The Morgan fingerprint density at radius 1 is 1.29 bits per heavy atom. The van der Waals surface area contributed by atoms with Gasteiger partial charge in [0.25, 0.3) is 0 Å². The van der Waals surface area contributed by atoms with E-state index in [1.807, 2.05) is 0 Å². The number of hydrogen-bond donors (Lipinski definition) is 2. The molecule has 1 atom stereocenters. The fourth-order valence-electron chi connectivity index (χ4n) is 1.21. The number of hydrogen-bond acceptors (Lipinski definition) is 2.